The van der Waals surface area contributed by atoms with Gasteiger partial charge in [0, 0.05) is 30.4 Å². The number of hydrogen-bond donors (Lipinski definition) is 4. The Kier molecular flexibility index (Phi) is 10.8. The van der Waals surface area contributed by atoms with E-state index in [0.717, 1.165) is 64.2 Å². The molecule has 13 nitrogen and oxygen atoms in total. The fourth-order valence-corrected chi connectivity index (χ4v) is 10.1. The lowest BCUT2D eigenvalue weighted by molar-refractivity contribution is -0.145. The van der Waals surface area contributed by atoms with Crippen molar-refractivity contribution in [3.05, 3.63) is 24.3 Å². The Labute approximate surface area is 313 Å². The van der Waals surface area contributed by atoms with Crippen molar-refractivity contribution >= 4 is 35.3 Å². The van der Waals surface area contributed by atoms with Crippen molar-refractivity contribution in [1.29, 1.82) is 0 Å². The largest absolute Gasteiger partial charge is 0.347 e. The lowest BCUT2D eigenvalue weighted by Crippen LogP contribution is -2.62. The second-order valence-electron chi connectivity index (χ2n) is 18.0. The Morgan fingerprint density at radius 3 is 2.15 bits per heavy atom. The van der Waals surface area contributed by atoms with Gasteiger partial charge in [-0.15, -0.1) is 0 Å². The Morgan fingerprint density at radius 2 is 1.60 bits per heavy atom. The summed E-state index contributed by atoms with van der Waals surface area (Å²) in [5.41, 5.74) is -1.03. The summed E-state index contributed by atoms with van der Waals surface area (Å²) in [6.45, 7) is 12.4. The Balaban J connectivity index is 1.26. The standard InChI is InChI=1S/C40H59N7O6/c1-7-12-26(30(48)35(52)43-25-15-16-25)44-33(50)28-21-40(38(5,6)39(40)17-11-18-39)23-47(28)36(53)31(37(2,3)4)46-34(51)29(24-13-9-8-10-14-24)45-32(49)27-22-41-19-20-42-27/h19-20,22,24-26,28-29,31H,7-18,21,23H2,1-6H3,(H,43,52)(H,44,50)(H,45,49)(H,46,51)/t26-,28+,29+,31-,40-/m1/s1. The van der Waals surface area contributed by atoms with Crippen molar-refractivity contribution < 1.29 is 28.8 Å². The molecule has 0 bridgehead atoms. The molecule has 290 valence electrons. The van der Waals surface area contributed by atoms with Gasteiger partial charge in [-0.25, -0.2) is 4.98 Å². The zero-order chi connectivity index (χ0) is 38.3. The lowest BCUT2D eigenvalue weighted by atomic mass is 9.73. The minimum absolute atomic E-state index is 0.00517. The van der Waals surface area contributed by atoms with E-state index in [1.54, 1.807) is 4.90 Å². The third-order valence-electron chi connectivity index (χ3n) is 13.6. The van der Waals surface area contributed by atoms with Crippen LogP contribution in [-0.4, -0.2) is 86.9 Å². The number of ketones is 1. The summed E-state index contributed by atoms with van der Waals surface area (Å²) < 4.78 is 0. The number of fused-ring (bicyclic) bond motifs is 1. The second-order valence-corrected chi connectivity index (χ2v) is 18.0. The zero-order valence-electron chi connectivity index (χ0n) is 32.4. The summed E-state index contributed by atoms with van der Waals surface area (Å²) in [5.74, 6) is -3.25. The first-order valence-electron chi connectivity index (χ1n) is 19.9. The van der Waals surface area contributed by atoms with Crippen LogP contribution in [0, 0.1) is 27.6 Å². The predicted octanol–water partition coefficient (Wildman–Crippen LogP) is 3.62. The number of carbonyl (C=O) groups excluding carboxylic acids is 6. The van der Waals surface area contributed by atoms with Crippen LogP contribution in [-0.2, 0) is 24.0 Å². The highest BCUT2D eigenvalue weighted by atomic mass is 16.2. The highest BCUT2D eigenvalue weighted by molar-refractivity contribution is 6.38. The maximum atomic E-state index is 15.0. The third-order valence-corrected chi connectivity index (χ3v) is 13.6. The van der Waals surface area contributed by atoms with Gasteiger partial charge in [-0.3, -0.25) is 33.8 Å². The molecule has 0 aromatic carbocycles. The average molecular weight is 734 g/mol. The predicted molar refractivity (Wildman–Crippen MR) is 197 cm³/mol. The first-order valence-corrected chi connectivity index (χ1v) is 19.9. The molecule has 1 aromatic heterocycles. The van der Waals surface area contributed by atoms with Crippen LogP contribution in [0.5, 0.6) is 0 Å². The molecule has 13 heteroatoms. The molecule has 6 rings (SSSR count). The molecular weight excluding hydrogens is 674 g/mol. The summed E-state index contributed by atoms with van der Waals surface area (Å²) in [4.78, 5) is 92.9. The molecule has 2 spiro atoms. The van der Waals surface area contributed by atoms with E-state index >= 15 is 4.79 Å². The number of hydrogen-bond acceptors (Lipinski definition) is 8. The van der Waals surface area contributed by atoms with Gasteiger partial charge in [0.15, 0.2) is 0 Å². The molecule has 1 aliphatic heterocycles. The van der Waals surface area contributed by atoms with E-state index < -0.39 is 59.0 Å². The van der Waals surface area contributed by atoms with Gasteiger partial charge in [0.2, 0.25) is 23.5 Å². The minimum atomic E-state index is -1.02. The second kappa shape index (κ2) is 14.7. The van der Waals surface area contributed by atoms with Crippen molar-refractivity contribution in [2.24, 2.45) is 27.6 Å². The zero-order valence-corrected chi connectivity index (χ0v) is 32.4. The van der Waals surface area contributed by atoms with Crippen LogP contribution >= 0.6 is 0 Å². The molecule has 5 atom stereocenters. The van der Waals surface area contributed by atoms with Crippen molar-refractivity contribution in [2.45, 2.75) is 155 Å². The van der Waals surface area contributed by atoms with E-state index in [1.165, 1.54) is 18.6 Å². The van der Waals surface area contributed by atoms with Crippen molar-refractivity contribution in [1.82, 2.24) is 36.1 Å². The minimum Gasteiger partial charge on any atom is -0.347 e. The first kappa shape index (κ1) is 38.8. The van der Waals surface area contributed by atoms with E-state index in [9.17, 15) is 24.0 Å². The molecule has 4 aliphatic carbocycles. The van der Waals surface area contributed by atoms with Gasteiger partial charge in [0.1, 0.15) is 23.8 Å². The van der Waals surface area contributed by atoms with Crippen LogP contribution < -0.4 is 21.3 Å². The Morgan fingerprint density at radius 1 is 0.906 bits per heavy atom. The fourth-order valence-electron chi connectivity index (χ4n) is 10.1. The van der Waals surface area contributed by atoms with E-state index in [0.29, 0.717) is 25.8 Å². The Hall–Kier alpha value is -3.90. The SMILES string of the molecule is CCC[C@@H](NC(=O)[C@@H]1C[C@@]2(CN1C(=O)[C@@H](NC(=O)[C@@H](NC(=O)c1cnccn1)C1CCCCC1)C(C)(C)C)C(C)(C)C21CCC1)C(=O)C(=O)NC1CC1. The van der Waals surface area contributed by atoms with Gasteiger partial charge in [-0.05, 0) is 73.5 Å². The summed E-state index contributed by atoms with van der Waals surface area (Å²) in [6, 6.07) is -3.79. The van der Waals surface area contributed by atoms with Crippen molar-refractivity contribution in [3.63, 3.8) is 0 Å². The molecule has 5 aliphatic rings. The number of Topliss-reactive ketones (excluding diaryl/α,β-unsaturated/α-hetero) is 1. The maximum absolute atomic E-state index is 15.0. The van der Waals surface area contributed by atoms with Crippen LogP contribution in [0.3, 0.4) is 0 Å². The number of rotatable bonds is 13. The van der Waals surface area contributed by atoms with Crippen LogP contribution in [0.1, 0.15) is 136 Å². The van der Waals surface area contributed by atoms with Gasteiger partial charge >= 0.3 is 0 Å². The van der Waals surface area contributed by atoms with E-state index in [2.05, 4.69) is 45.1 Å². The van der Waals surface area contributed by atoms with Crippen LogP contribution in [0.2, 0.25) is 0 Å². The van der Waals surface area contributed by atoms with Crippen LogP contribution in [0.15, 0.2) is 18.6 Å². The number of amides is 5. The molecule has 4 N–H and O–H groups in total. The number of nitrogens with zero attached hydrogens (tertiary/aromatic N) is 3. The topological polar surface area (TPSA) is 180 Å². The third kappa shape index (κ3) is 7.21. The normalized spacial score (nSPS) is 26.2. The smallest absolute Gasteiger partial charge is 0.289 e. The van der Waals surface area contributed by atoms with Crippen molar-refractivity contribution in [2.75, 3.05) is 6.54 Å². The Bertz CT molecular complexity index is 1590. The summed E-state index contributed by atoms with van der Waals surface area (Å²) in [6.07, 6.45) is 14.9. The molecular formula is C40H59N7O6. The number of carbonyl (C=O) groups is 6. The highest BCUT2D eigenvalue weighted by Crippen LogP contribution is 2.88. The molecule has 5 amide bonds. The van der Waals surface area contributed by atoms with Gasteiger partial charge in [0.05, 0.1) is 12.2 Å². The lowest BCUT2D eigenvalue weighted by Gasteiger charge is -2.38. The van der Waals surface area contributed by atoms with Gasteiger partial charge in [-0.1, -0.05) is 73.6 Å². The quantitative estimate of drug-likeness (QED) is 0.222. The van der Waals surface area contributed by atoms with E-state index in [4.69, 9.17) is 0 Å². The van der Waals surface area contributed by atoms with E-state index in [-0.39, 0.29) is 39.8 Å². The molecule has 4 saturated carbocycles. The molecule has 1 aromatic rings. The van der Waals surface area contributed by atoms with Gasteiger partial charge in [-0.2, -0.15) is 0 Å². The van der Waals surface area contributed by atoms with E-state index in [1.807, 2.05) is 27.7 Å². The van der Waals surface area contributed by atoms with Crippen LogP contribution in [0.4, 0.5) is 0 Å². The maximum Gasteiger partial charge on any atom is 0.289 e. The molecule has 0 radical (unpaired) electrons. The molecule has 2 heterocycles. The number of nitrogens with one attached hydrogen (secondary N) is 4. The number of likely N-dealkylation sites (tertiary alicyclic amines) is 1. The molecule has 5 fully saturated rings. The number of aromatic nitrogens is 2. The molecule has 0 unspecified atom stereocenters. The first-order chi connectivity index (χ1) is 25.1. The van der Waals surface area contributed by atoms with Crippen LogP contribution in [0.25, 0.3) is 0 Å². The molecule has 1 saturated heterocycles. The summed E-state index contributed by atoms with van der Waals surface area (Å²) in [7, 11) is 0. The highest BCUT2D eigenvalue weighted by Gasteiger charge is 2.85. The average Bonchev–Trinajstić information content (AvgIpc) is 3.94. The summed E-state index contributed by atoms with van der Waals surface area (Å²) >= 11 is 0. The van der Waals surface area contributed by atoms with Gasteiger partial charge < -0.3 is 26.2 Å². The summed E-state index contributed by atoms with van der Waals surface area (Å²) in [5, 5.41) is 11.6. The van der Waals surface area contributed by atoms with Crippen molar-refractivity contribution in [3.8, 4) is 0 Å². The monoisotopic (exact) mass is 733 g/mol. The molecule has 53 heavy (non-hydrogen) atoms. The fraction of sp³-hybridized carbons (Fsp3) is 0.750. The van der Waals surface area contributed by atoms with Gasteiger partial charge in [0.25, 0.3) is 11.8 Å².